The fourth-order valence-corrected chi connectivity index (χ4v) is 3.45. The molecular weight excluding hydrogens is 404 g/mol. The molecule has 1 aromatic heterocycles. The van der Waals surface area contributed by atoms with E-state index in [1.54, 1.807) is 11.0 Å². The molecule has 0 radical (unpaired) electrons. The molecule has 1 fully saturated rings. The largest absolute Gasteiger partial charge is 0.484 e. The van der Waals surface area contributed by atoms with Gasteiger partial charge in [-0.15, -0.1) is 0 Å². The second-order valence-electron chi connectivity index (χ2n) is 7.53. The van der Waals surface area contributed by atoms with Crippen LogP contribution in [0.5, 0.6) is 5.75 Å². The summed E-state index contributed by atoms with van der Waals surface area (Å²) in [6.07, 6.45) is 3.64. The maximum atomic E-state index is 12.5. The number of benzene rings is 2. The second kappa shape index (κ2) is 9.84. The Morgan fingerprint density at radius 2 is 1.81 bits per heavy atom. The predicted octanol–water partition coefficient (Wildman–Crippen LogP) is 3.75. The van der Waals surface area contributed by atoms with Crippen LogP contribution in [0.15, 0.2) is 59.0 Å². The topological polar surface area (TPSA) is 82.6 Å². The van der Waals surface area contributed by atoms with Crippen molar-refractivity contribution in [1.82, 2.24) is 9.88 Å². The Bertz CT molecular complexity index is 1120. The molecule has 0 aliphatic carbocycles. The van der Waals surface area contributed by atoms with E-state index in [1.165, 1.54) is 0 Å². The van der Waals surface area contributed by atoms with E-state index in [9.17, 15) is 10.1 Å². The first-order valence-corrected chi connectivity index (χ1v) is 10.5. The van der Waals surface area contributed by atoms with Gasteiger partial charge in [0, 0.05) is 32.3 Å². The van der Waals surface area contributed by atoms with Crippen molar-refractivity contribution in [2.75, 3.05) is 37.7 Å². The Labute approximate surface area is 187 Å². The van der Waals surface area contributed by atoms with Crippen LogP contribution in [-0.2, 0) is 4.79 Å². The van der Waals surface area contributed by atoms with Crippen LogP contribution in [0, 0.1) is 18.3 Å². The summed E-state index contributed by atoms with van der Waals surface area (Å²) in [4.78, 5) is 20.5. The number of nitriles is 1. The molecular formula is C25H24N4O3. The Balaban J connectivity index is 1.34. The van der Waals surface area contributed by atoms with Gasteiger partial charge in [0.25, 0.3) is 5.91 Å². The van der Waals surface area contributed by atoms with Gasteiger partial charge in [-0.3, -0.25) is 4.79 Å². The van der Waals surface area contributed by atoms with Crippen LogP contribution in [0.4, 0.5) is 5.88 Å². The quantitative estimate of drug-likeness (QED) is 0.595. The Hall–Kier alpha value is -4.05. The van der Waals surface area contributed by atoms with Crippen molar-refractivity contribution < 1.29 is 13.9 Å². The first-order valence-electron chi connectivity index (χ1n) is 10.5. The van der Waals surface area contributed by atoms with Crippen molar-refractivity contribution in [3.63, 3.8) is 0 Å². The number of carbonyl (C=O) groups excluding carboxylic acids is 1. The summed E-state index contributed by atoms with van der Waals surface area (Å²) in [6.45, 7) is 4.17. The highest BCUT2D eigenvalue weighted by atomic mass is 16.5. The molecule has 0 spiro atoms. The number of aromatic nitrogens is 1. The van der Waals surface area contributed by atoms with Gasteiger partial charge in [0.1, 0.15) is 11.8 Å². The molecule has 0 bridgehead atoms. The Kier molecular flexibility index (Phi) is 6.52. The lowest BCUT2D eigenvalue weighted by Crippen LogP contribution is -2.50. The normalized spacial score (nSPS) is 13.9. The smallest absolute Gasteiger partial charge is 0.260 e. The van der Waals surface area contributed by atoms with Crippen LogP contribution in [0.3, 0.4) is 0 Å². The maximum absolute atomic E-state index is 12.5. The number of anilines is 1. The number of aryl methyl sites for hydroxylation is 1. The summed E-state index contributed by atoms with van der Waals surface area (Å²) in [5, 5.41) is 9.48. The Morgan fingerprint density at radius 3 is 2.50 bits per heavy atom. The van der Waals surface area contributed by atoms with Gasteiger partial charge in [-0.2, -0.15) is 10.2 Å². The average molecular weight is 428 g/mol. The number of oxazole rings is 1. The summed E-state index contributed by atoms with van der Waals surface area (Å²) < 4.78 is 11.5. The number of hydrogen-bond acceptors (Lipinski definition) is 6. The van der Waals surface area contributed by atoms with Crippen LogP contribution in [0.2, 0.25) is 0 Å². The first-order chi connectivity index (χ1) is 15.6. The van der Waals surface area contributed by atoms with Gasteiger partial charge in [-0.05, 0) is 30.7 Å². The van der Waals surface area contributed by atoms with Crippen molar-refractivity contribution in [3.8, 4) is 11.8 Å². The molecule has 162 valence electrons. The van der Waals surface area contributed by atoms with E-state index >= 15 is 0 Å². The monoisotopic (exact) mass is 428 g/mol. The summed E-state index contributed by atoms with van der Waals surface area (Å²) in [5.41, 5.74) is 2.41. The molecule has 2 aromatic carbocycles. The summed E-state index contributed by atoms with van der Waals surface area (Å²) in [7, 11) is 0. The maximum Gasteiger partial charge on any atom is 0.260 e. The van der Waals surface area contributed by atoms with Crippen molar-refractivity contribution in [2.24, 2.45) is 0 Å². The standard InChI is InChI=1S/C25H24N4O3/c1-19-7-10-21(11-8-19)31-18-24(30)28-13-15-29(16-14-28)25-22(17-26)27-23(32-25)12-9-20-5-3-2-4-6-20/h2-12H,13-16,18H2,1H3. The molecule has 4 rings (SSSR count). The van der Waals surface area contributed by atoms with E-state index in [-0.39, 0.29) is 18.2 Å². The van der Waals surface area contributed by atoms with Gasteiger partial charge < -0.3 is 19.0 Å². The zero-order valence-corrected chi connectivity index (χ0v) is 17.9. The van der Waals surface area contributed by atoms with Gasteiger partial charge in [-0.1, -0.05) is 48.0 Å². The van der Waals surface area contributed by atoms with E-state index in [1.807, 2.05) is 72.5 Å². The van der Waals surface area contributed by atoms with E-state index in [2.05, 4.69) is 11.1 Å². The third-order valence-electron chi connectivity index (χ3n) is 5.25. The third kappa shape index (κ3) is 5.16. The lowest BCUT2D eigenvalue weighted by molar-refractivity contribution is -0.133. The molecule has 2 heterocycles. The second-order valence-corrected chi connectivity index (χ2v) is 7.53. The molecule has 1 aliphatic rings. The van der Waals surface area contributed by atoms with Gasteiger partial charge in [0.2, 0.25) is 17.5 Å². The van der Waals surface area contributed by atoms with E-state index in [0.29, 0.717) is 43.7 Å². The van der Waals surface area contributed by atoms with E-state index < -0.39 is 0 Å². The first kappa shape index (κ1) is 21.2. The predicted molar refractivity (Wildman–Crippen MR) is 122 cm³/mol. The zero-order valence-electron chi connectivity index (χ0n) is 17.9. The highest BCUT2D eigenvalue weighted by molar-refractivity contribution is 5.78. The highest BCUT2D eigenvalue weighted by Gasteiger charge is 2.26. The van der Waals surface area contributed by atoms with Crippen molar-refractivity contribution >= 4 is 23.9 Å². The summed E-state index contributed by atoms with van der Waals surface area (Å²) in [6, 6.07) is 19.5. The lowest BCUT2D eigenvalue weighted by Gasteiger charge is -2.34. The molecule has 0 unspecified atom stereocenters. The zero-order chi connectivity index (χ0) is 22.3. The molecule has 0 N–H and O–H groups in total. The van der Waals surface area contributed by atoms with Gasteiger partial charge in [0.15, 0.2) is 6.61 Å². The minimum atomic E-state index is -0.0604. The number of rotatable bonds is 6. The van der Waals surface area contributed by atoms with Crippen molar-refractivity contribution in [1.29, 1.82) is 5.26 Å². The van der Waals surface area contributed by atoms with Gasteiger partial charge >= 0.3 is 0 Å². The molecule has 1 amide bonds. The number of carbonyl (C=O) groups is 1. The van der Waals surface area contributed by atoms with Crippen molar-refractivity contribution in [3.05, 3.63) is 77.3 Å². The van der Waals surface area contributed by atoms with E-state index in [4.69, 9.17) is 9.15 Å². The van der Waals surface area contributed by atoms with Gasteiger partial charge in [0.05, 0.1) is 0 Å². The van der Waals surface area contributed by atoms with Crippen molar-refractivity contribution in [2.45, 2.75) is 6.92 Å². The lowest BCUT2D eigenvalue weighted by atomic mass is 10.2. The fraction of sp³-hybridized carbons (Fsp3) is 0.240. The fourth-order valence-electron chi connectivity index (χ4n) is 3.45. The number of hydrogen-bond donors (Lipinski definition) is 0. The highest BCUT2D eigenvalue weighted by Crippen LogP contribution is 2.24. The average Bonchev–Trinajstić information content (AvgIpc) is 3.26. The van der Waals surface area contributed by atoms with Crippen LogP contribution in [0.25, 0.3) is 12.2 Å². The minimum Gasteiger partial charge on any atom is -0.484 e. The molecule has 1 saturated heterocycles. The van der Waals surface area contributed by atoms with Crippen LogP contribution >= 0.6 is 0 Å². The SMILES string of the molecule is Cc1ccc(OCC(=O)N2CCN(c3oc(C=Cc4ccccc4)nc3C#N)CC2)cc1. The summed E-state index contributed by atoms with van der Waals surface area (Å²) in [5.74, 6) is 1.45. The van der Waals surface area contributed by atoms with Crippen LogP contribution < -0.4 is 9.64 Å². The molecule has 7 heteroatoms. The minimum absolute atomic E-state index is 0.00322. The molecule has 1 aliphatic heterocycles. The van der Waals surface area contributed by atoms with E-state index in [0.717, 1.165) is 11.1 Å². The number of ether oxygens (including phenoxy) is 1. The molecule has 0 saturated carbocycles. The third-order valence-corrected chi connectivity index (χ3v) is 5.25. The van der Waals surface area contributed by atoms with Crippen LogP contribution in [-0.4, -0.2) is 48.6 Å². The molecule has 3 aromatic rings. The number of piperazine rings is 1. The molecule has 0 atom stereocenters. The molecule has 32 heavy (non-hydrogen) atoms. The number of nitrogens with zero attached hydrogens (tertiary/aromatic N) is 4. The van der Waals surface area contributed by atoms with Crippen LogP contribution in [0.1, 0.15) is 22.7 Å². The molecule has 7 nitrogen and oxygen atoms in total. The Morgan fingerprint density at radius 1 is 1.09 bits per heavy atom. The van der Waals surface area contributed by atoms with Gasteiger partial charge in [-0.25, -0.2) is 0 Å². The number of amides is 1. The summed E-state index contributed by atoms with van der Waals surface area (Å²) >= 11 is 0.